The summed E-state index contributed by atoms with van der Waals surface area (Å²) in [5, 5.41) is 8.32. The van der Waals surface area contributed by atoms with Gasteiger partial charge in [-0.1, -0.05) is 34.1 Å². The summed E-state index contributed by atoms with van der Waals surface area (Å²) < 4.78 is 1.07. The van der Waals surface area contributed by atoms with Gasteiger partial charge >= 0.3 is 0 Å². The maximum atomic E-state index is 12.3. The summed E-state index contributed by atoms with van der Waals surface area (Å²) in [6.07, 6.45) is 5.59. The minimum Gasteiger partial charge on any atom is -0.340 e. The van der Waals surface area contributed by atoms with Gasteiger partial charge in [-0.3, -0.25) is 4.79 Å². The number of hydrogen-bond acceptors (Lipinski definition) is 3. The summed E-state index contributed by atoms with van der Waals surface area (Å²) in [4.78, 5) is 15.9. The molecule has 5 nitrogen and oxygen atoms in total. The van der Waals surface area contributed by atoms with Crippen molar-refractivity contribution >= 4 is 21.8 Å². The fourth-order valence-corrected chi connectivity index (χ4v) is 3.16. The van der Waals surface area contributed by atoms with Gasteiger partial charge in [-0.2, -0.15) is 15.0 Å². The van der Waals surface area contributed by atoms with Gasteiger partial charge < -0.3 is 4.90 Å². The van der Waals surface area contributed by atoms with Crippen LogP contribution >= 0.6 is 15.9 Å². The first kappa shape index (κ1) is 14.3. The van der Waals surface area contributed by atoms with E-state index in [2.05, 4.69) is 32.2 Å². The van der Waals surface area contributed by atoms with Gasteiger partial charge in [0.25, 0.3) is 0 Å². The van der Waals surface area contributed by atoms with Gasteiger partial charge in [0, 0.05) is 24.0 Å². The van der Waals surface area contributed by atoms with Gasteiger partial charge in [0.15, 0.2) is 0 Å². The predicted molar refractivity (Wildman–Crippen MR) is 82.7 cm³/mol. The van der Waals surface area contributed by atoms with E-state index in [4.69, 9.17) is 0 Å². The molecule has 0 aliphatic carbocycles. The fourth-order valence-electron chi connectivity index (χ4n) is 2.67. The minimum absolute atomic E-state index is 0.209. The Hall–Kier alpha value is -1.69. The summed E-state index contributed by atoms with van der Waals surface area (Å²) in [7, 11) is 0. The number of carbonyl (C=O) groups excluding carboxylic acids is 1. The highest BCUT2D eigenvalue weighted by Crippen LogP contribution is 2.22. The van der Waals surface area contributed by atoms with Crippen LogP contribution in [0.1, 0.15) is 24.4 Å². The van der Waals surface area contributed by atoms with Crippen LogP contribution in [0.15, 0.2) is 41.1 Å². The zero-order chi connectivity index (χ0) is 14.7. The molecule has 0 spiro atoms. The Bertz CT molecular complexity index is 614. The van der Waals surface area contributed by atoms with E-state index in [-0.39, 0.29) is 11.9 Å². The zero-order valence-electron chi connectivity index (χ0n) is 11.7. The second-order valence-corrected chi connectivity index (χ2v) is 6.08. The largest absolute Gasteiger partial charge is 0.340 e. The molecule has 1 aliphatic rings. The Labute approximate surface area is 132 Å². The van der Waals surface area contributed by atoms with E-state index in [0.29, 0.717) is 13.0 Å². The number of carbonyl (C=O) groups is 1. The van der Waals surface area contributed by atoms with E-state index in [0.717, 1.165) is 23.9 Å². The first-order valence-corrected chi connectivity index (χ1v) is 7.90. The Balaban J connectivity index is 1.54. The Morgan fingerprint density at radius 3 is 2.81 bits per heavy atom. The van der Waals surface area contributed by atoms with Crippen molar-refractivity contribution < 1.29 is 4.79 Å². The number of likely N-dealkylation sites (tertiary alicyclic amines) is 1. The highest BCUT2D eigenvalue weighted by atomic mass is 79.9. The van der Waals surface area contributed by atoms with Crippen LogP contribution < -0.4 is 0 Å². The van der Waals surface area contributed by atoms with Gasteiger partial charge in [-0.05, 0) is 24.5 Å². The van der Waals surface area contributed by atoms with Crippen molar-refractivity contribution in [3.05, 3.63) is 46.7 Å². The molecule has 1 unspecified atom stereocenters. The fraction of sp³-hybridized carbons (Fsp3) is 0.400. The average molecular weight is 349 g/mol. The predicted octanol–water partition coefficient (Wildman–Crippen LogP) is 2.45. The Kier molecular flexibility index (Phi) is 4.34. The second kappa shape index (κ2) is 6.39. The molecule has 0 radical (unpaired) electrons. The summed E-state index contributed by atoms with van der Waals surface area (Å²) in [6.45, 7) is 1.50. The standard InChI is InChI=1S/C15H17BrN4O/c16-14-4-2-1-3-12(14)5-6-15(21)19-10-7-13(11-19)20-17-8-9-18-20/h1-4,8-9,13H,5-7,10-11H2. The summed E-state index contributed by atoms with van der Waals surface area (Å²) in [6, 6.07) is 8.26. The average Bonchev–Trinajstić information content (AvgIpc) is 3.16. The second-order valence-electron chi connectivity index (χ2n) is 5.22. The number of halogens is 1. The normalized spacial score (nSPS) is 18.1. The van der Waals surface area contributed by atoms with Crippen LogP contribution in [-0.2, 0) is 11.2 Å². The molecule has 3 rings (SSSR count). The van der Waals surface area contributed by atoms with E-state index >= 15 is 0 Å². The highest BCUT2D eigenvalue weighted by Gasteiger charge is 2.28. The van der Waals surface area contributed by atoms with Crippen molar-refractivity contribution in [2.24, 2.45) is 0 Å². The lowest BCUT2D eigenvalue weighted by molar-refractivity contribution is -0.130. The molecule has 1 saturated heterocycles. The van der Waals surface area contributed by atoms with E-state index in [1.165, 1.54) is 5.56 Å². The van der Waals surface area contributed by atoms with E-state index in [9.17, 15) is 4.79 Å². The van der Waals surface area contributed by atoms with E-state index in [1.807, 2.05) is 23.1 Å². The lowest BCUT2D eigenvalue weighted by atomic mass is 10.1. The summed E-state index contributed by atoms with van der Waals surface area (Å²) >= 11 is 3.52. The van der Waals surface area contributed by atoms with Gasteiger partial charge in [-0.25, -0.2) is 0 Å². The number of amides is 1. The van der Waals surface area contributed by atoms with Crippen molar-refractivity contribution in [1.29, 1.82) is 0 Å². The number of nitrogens with zero attached hydrogens (tertiary/aromatic N) is 4. The molecule has 6 heteroatoms. The molecule has 1 aliphatic heterocycles. The topological polar surface area (TPSA) is 51.0 Å². The molecule has 21 heavy (non-hydrogen) atoms. The van der Waals surface area contributed by atoms with Crippen molar-refractivity contribution in [3.63, 3.8) is 0 Å². The molecule has 0 saturated carbocycles. The molecule has 1 aromatic heterocycles. The minimum atomic E-state index is 0.209. The van der Waals surface area contributed by atoms with Crippen molar-refractivity contribution in [1.82, 2.24) is 19.9 Å². The molecule has 2 heterocycles. The monoisotopic (exact) mass is 348 g/mol. The molecule has 1 amide bonds. The quantitative estimate of drug-likeness (QED) is 0.852. The van der Waals surface area contributed by atoms with Crippen molar-refractivity contribution in [2.45, 2.75) is 25.3 Å². The number of aryl methyl sites for hydroxylation is 1. The number of hydrogen-bond donors (Lipinski definition) is 0. The van der Waals surface area contributed by atoms with Crippen LogP contribution in [0.2, 0.25) is 0 Å². The molecular formula is C15H17BrN4O. The number of benzene rings is 1. The molecule has 2 aromatic rings. The van der Waals surface area contributed by atoms with Crippen LogP contribution in [0, 0.1) is 0 Å². The van der Waals surface area contributed by atoms with Crippen LogP contribution in [0.25, 0.3) is 0 Å². The first-order valence-electron chi connectivity index (χ1n) is 7.11. The summed E-state index contributed by atoms with van der Waals surface area (Å²) in [5.41, 5.74) is 1.18. The maximum absolute atomic E-state index is 12.3. The van der Waals surface area contributed by atoms with E-state index in [1.54, 1.807) is 17.2 Å². The van der Waals surface area contributed by atoms with Gasteiger partial charge in [0.1, 0.15) is 0 Å². The van der Waals surface area contributed by atoms with Gasteiger partial charge in [0.05, 0.1) is 18.4 Å². The molecule has 0 bridgehead atoms. The lowest BCUT2D eigenvalue weighted by Crippen LogP contribution is -2.29. The van der Waals surface area contributed by atoms with Gasteiger partial charge in [-0.15, -0.1) is 0 Å². The SMILES string of the molecule is O=C(CCc1ccccc1Br)N1CCC(n2nccn2)C1. The third-order valence-corrected chi connectivity index (χ3v) is 4.62. The molecular weight excluding hydrogens is 332 g/mol. The summed E-state index contributed by atoms with van der Waals surface area (Å²) in [5.74, 6) is 0.209. The van der Waals surface area contributed by atoms with Gasteiger partial charge in [0.2, 0.25) is 5.91 Å². The zero-order valence-corrected chi connectivity index (χ0v) is 13.2. The third kappa shape index (κ3) is 3.32. The number of aromatic nitrogens is 3. The Morgan fingerprint density at radius 1 is 1.29 bits per heavy atom. The van der Waals surface area contributed by atoms with Crippen molar-refractivity contribution in [3.8, 4) is 0 Å². The van der Waals surface area contributed by atoms with Crippen LogP contribution in [0.4, 0.5) is 0 Å². The molecule has 1 atom stereocenters. The molecule has 1 aromatic carbocycles. The van der Waals surface area contributed by atoms with Crippen LogP contribution in [0.5, 0.6) is 0 Å². The molecule has 110 valence electrons. The lowest BCUT2D eigenvalue weighted by Gasteiger charge is -2.16. The molecule has 0 N–H and O–H groups in total. The first-order chi connectivity index (χ1) is 10.2. The smallest absolute Gasteiger partial charge is 0.222 e. The van der Waals surface area contributed by atoms with E-state index < -0.39 is 0 Å². The van der Waals surface area contributed by atoms with Crippen LogP contribution in [-0.4, -0.2) is 38.9 Å². The third-order valence-electron chi connectivity index (χ3n) is 3.85. The van der Waals surface area contributed by atoms with Crippen LogP contribution in [0.3, 0.4) is 0 Å². The highest BCUT2D eigenvalue weighted by molar-refractivity contribution is 9.10. The Morgan fingerprint density at radius 2 is 2.05 bits per heavy atom. The molecule has 1 fully saturated rings. The maximum Gasteiger partial charge on any atom is 0.222 e. The number of rotatable bonds is 4. The van der Waals surface area contributed by atoms with Crippen molar-refractivity contribution in [2.75, 3.05) is 13.1 Å².